The number of benzene rings is 1. The lowest BCUT2D eigenvalue weighted by Crippen LogP contribution is -2.21. The van der Waals surface area contributed by atoms with E-state index >= 15 is 0 Å². The van der Waals surface area contributed by atoms with Gasteiger partial charge in [-0.05, 0) is 18.5 Å². The van der Waals surface area contributed by atoms with Gasteiger partial charge in [-0.25, -0.2) is 0 Å². The van der Waals surface area contributed by atoms with Crippen molar-refractivity contribution in [2.45, 2.75) is 32.8 Å². The fourth-order valence-corrected chi connectivity index (χ4v) is 2.41. The largest absolute Gasteiger partial charge is 0.416 e. The molecule has 0 saturated heterocycles. The van der Waals surface area contributed by atoms with Crippen LogP contribution in [0.4, 0.5) is 0 Å². The van der Waals surface area contributed by atoms with Gasteiger partial charge >= 0.3 is 0 Å². The first-order valence-corrected chi connectivity index (χ1v) is 6.27. The van der Waals surface area contributed by atoms with Crippen LogP contribution in [-0.4, -0.2) is 15.9 Å². The second kappa shape index (κ2) is 5.94. The third-order valence-electron chi connectivity index (χ3n) is 2.07. The van der Waals surface area contributed by atoms with Crippen molar-refractivity contribution in [3.05, 3.63) is 30.3 Å². The Balaban J connectivity index is 2.27. The molecule has 0 saturated carbocycles. The molecule has 0 aliphatic carbocycles. The maximum atomic E-state index is 5.81. The van der Waals surface area contributed by atoms with Crippen LogP contribution in [0, 0.1) is 0 Å². The molecule has 0 radical (unpaired) electrons. The highest BCUT2D eigenvalue weighted by Gasteiger charge is 2.00. The molecular formula is C11H18OSi. The lowest BCUT2D eigenvalue weighted by atomic mass is 10.2. The molecule has 13 heavy (non-hydrogen) atoms. The number of hydrogen-bond acceptors (Lipinski definition) is 1. The Morgan fingerprint density at radius 2 is 2.00 bits per heavy atom. The Hall–Kier alpha value is -0.603. The lowest BCUT2D eigenvalue weighted by Gasteiger charge is -2.11. The monoisotopic (exact) mass is 194 g/mol. The van der Waals surface area contributed by atoms with Gasteiger partial charge in [0.2, 0.25) is 0 Å². The van der Waals surface area contributed by atoms with E-state index in [4.69, 9.17) is 4.43 Å². The van der Waals surface area contributed by atoms with Gasteiger partial charge in [0.05, 0.1) is 0 Å². The summed E-state index contributed by atoms with van der Waals surface area (Å²) in [6.45, 7) is 4.36. The first-order valence-electron chi connectivity index (χ1n) is 4.98. The summed E-state index contributed by atoms with van der Waals surface area (Å²) >= 11 is 0. The summed E-state index contributed by atoms with van der Waals surface area (Å²) in [5.41, 5.74) is 0. The summed E-state index contributed by atoms with van der Waals surface area (Å²) < 4.78 is 5.81. The topological polar surface area (TPSA) is 9.23 Å². The van der Waals surface area contributed by atoms with Crippen LogP contribution in [-0.2, 0) is 4.43 Å². The maximum absolute atomic E-state index is 5.81. The molecule has 0 spiro atoms. The number of hydrogen-bond donors (Lipinski definition) is 0. The van der Waals surface area contributed by atoms with Crippen molar-refractivity contribution in [1.82, 2.24) is 0 Å². The van der Waals surface area contributed by atoms with Crippen molar-refractivity contribution in [3.8, 4) is 0 Å². The van der Waals surface area contributed by atoms with Crippen LogP contribution in [0.15, 0.2) is 30.3 Å². The van der Waals surface area contributed by atoms with Crippen molar-refractivity contribution in [2.75, 3.05) is 0 Å². The second-order valence-corrected chi connectivity index (χ2v) is 4.83. The van der Waals surface area contributed by atoms with Crippen LogP contribution >= 0.6 is 0 Å². The van der Waals surface area contributed by atoms with Gasteiger partial charge in [-0.3, -0.25) is 0 Å². The summed E-state index contributed by atoms with van der Waals surface area (Å²) in [6, 6.07) is 10.5. The van der Waals surface area contributed by atoms with Crippen LogP contribution in [0.1, 0.15) is 26.7 Å². The highest BCUT2D eigenvalue weighted by Crippen LogP contribution is 1.98. The van der Waals surface area contributed by atoms with Gasteiger partial charge in [-0.15, -0.1) is 0 Å². The predicted octanol–water partition coefficient (Wildman–Crippen LogP) is 1.60. The van der Waals surface area contributed by atoms with Gasteiger partial charge in [0.25, 0.3) is 0 Å². The molecular weight excluding hydrogens is 176 g/mol. The molecule has 72 valence electrons. The fraction of sp³-hybridized carbons (Fsp3) is 0.455. The molecule has 1 nitrogen and oxygen atoms in total. The smallest absolute Gasteiger partial charge is 0.192 e. The quantitative estimate of drug-likeness (QED) is 0.647. The molecule has 0 fully saturated rings. The minimum atomic E-state index is -0.479. The highest BCUT2D eigenvalue weighted by molar-refractivity contribution is 6.46. The Morgan fingerprint density at radius 1 is 1.31 bits per heavy atom. The van der Waals surface area contributed by atoms with E-state index in [0.717, 1.165) is 0 Å². The van der Waals surface area contributed by atoms with Crippen LogP contribution in [0.2, 0.25) is 0 Å². The molecule has 1 atom stereocenters. The summed E-state index contributed by atoms with van der Waals surface area (Å²) in [5, 5.41) is 1.39. The third kappa shape index (κ3) is 4.25. The van der Waals surface area contributed by atoms with Gasteiger partial charge in [0, 0.05) is 6.10 Å². The molecule has 0 aliphatic heterocycles. The third-order valence-corrected chi connectivity index (χ3v) is 3.61. The normalized spacial score (nSPS) is 13.7. The Kier molecular flexibility index (Phi) is 4.79. The van der Waals surface area contributed by atoms with E-state index in [9.17, 15) is 0 Å². The minimum absolute atomic E-state index is 0.442. The fourth-order valence-electron chi connectivity index (χ4n) is 1.30. The molecule has 1 aromatic rings. The zero-order valence-electron chi connectivity index (χ0n) is 8.49. The first kappa shape index (κ1) is 10.5. The van der Waals surface area contributed by atoms with E-state index in [1.54, 1.807) is 0 Å². The van der Waals surface area contributed by atoms with Gasteiger partial charge in [-0.2, -0.15) is 0 Å². The van der Waals surface area contributed by atoms with Crippen LogP contribution in [0.5, 0.6) is 0 Å². The van der Waals surface area contributed by atoms with E-state index in [1.807, 2.05) is 6.07 Å². The van der Waals surface area contributed by atoms with Crippen LogP contribution in [0.3, 0.4) is 0 Å². The Bertz CT molecular complexity index is 223. The molecule has 0 aliphatic rings. The second-order valence-electron chi connectivity index (χ2n) is 3.40. The molecule has 0 aromatic heterocycles. The molecule has 2 heteroatoms. The van der Waals surface area contributed by atoms with Crippen molar-refractivity contribution >= 4 is 14.9 Å². The summed E-state index contributed by atoms with van der Waals surface area (Å²) in [7, 11) is -0.479. The molecule has 1 rings (SSSR count). The van der Waals surface area contributed by atoms with E-state index < -0.39 is 9.76 Å². The Labute approximate surface area is 83.1 Å². The van der Waals surface area contributed by atoms with Crippen molar-refractivity contribution in [3.63, 3.8) is 0 Å². The molecule has 1 unspecified atom stereocenters. The van der Waals surface area contributed by atoms with E-state index in [-0.39, 0.29) is 0 Å². The summed E-state index contributed by atoms with van der Waals surface area (Å²) in [6.07, 6.45) is 2.83. The maximum Gasteiger partial charge on any atom is 0.192 e. The average molecular weight is 194 g/mol. The summed E-state index contributed by atoms with van der Waals surface area (Å²) in [5.74, 6) is 0. The van der Waals surface area contributed by atoms with E-state index in [1.165, 1.54) is 18.0 Å². The van der Waals surface area contributed by atoms with Crippen LogP contribution < -0.4 is 5.19 Å². The zero-order chi connectivity index (χ0) is 9.52. The van der Waals surface area contributed by atoms with E-state index in [2.05, 4.69) is 38.1 Å². The predicted molar refractivity (Wildman–Crippen MR) is 60.1 cm³/mol. The SMILES string of the molecule is CCCC(C)O[SiH2]c1ccccc1. The first-order chi connectivity index (χ1) is 6.33. The minimum Gasteiger partial charge on any atom is -0.416 e. The van der Waals surface area contributed by atoms with Crippen molar-refractivity contribution in [2.24, 2.45) is 0 Å². The number of rotatable bonds is 5. The molecule has 0 amide bonds. The molecule has 0 bridgehead atoms. The standard InChI is InChI=1S/C11H18OSi/c1-3-7-10(2)12-13-11-8-5-4-6-9-11/h4-6,8-10H,3,7,13H2,1-2H3. The van der Waals surface area contributed by atoms with Gasteiger partial charge < -0.3 is 4.43 Å². The highest BCUT2D eigenvalue weighted by atomic mass is 28.2. The van der Waals surface area contributed by atoms with E-state index in [0.29, 0.717) is 6.10 Å². The van der Waals surface area contributed by atoms with Crippen LogP contribution in [0.25, 0.3) is 0 Å². The molecule has 1 aromatic carbocycles. The van der Waals surface area contributed by atoms with Gasteiger partial charge in [0.15, 0.2) is 9.76 Å². The average Bonchev–Trinajstić information content (AvgIpc) is 2.17. The zero-order valence-corrected chi connectivity index (χ0v) is 9.91. The summed E-state index contributed by atoms with van der Waals surface area (Å²) in [4.78, 5) is 0. The van der Waals surface area contributed by atoms with Gasteiger partial charge in [-0.1, -0.05) is 43.7 Å². The molecule has 0 heterocycles. The lowest BCUT2D eigenvalue weighted by molar-refractivity contribution is 0.225. The van der Waals surface area contributed by atoms with Crippen molar-refractivity contribution in [1.29, 1.82) is 0 Å². The van der Waals surface area contributed by atoms with Gasteiger partial charge in [0.1, 0.15) is 0 Å². The van der Waals surface area contributed by atoms with Crippen molar-refractivity contribution < 1.29 is 4.43 Å². The molecule has 0 N–H and O–H groups in total. The Morgan fingerprint density at radius 3 is 2.62 bits per heavy atom.